The Balaban J connectivity index is 2.05. The molecule has 0 aliphatic heterocycles. The molecule has 1 aliphatic carbocycles. The summed E-state index contributed by atoms with van der Waals surface area (Å²) in [4.78, 5) is 12.5. The van der Waals surface area contributed by atoms with Crippen molar-refractivity contribution in [2.45, 2.75) is 64.8 Å². The maximum Gasteiger partial charge on any atom is 0.227 e. The highest BCUT2D eigenvalue weighted by Crippen LogP contribution is 2.26. The van der Waals surface area contributed by atoms with E-state index in [1.807, 2.05) is 20.8 Å². The van der Waals surface area contributed by atoms with Gasteiger partial charge in [-0.25, -0.2) is 0 Å². The molecule has 0 saturated heterocycles. The molecule has 3 unspecified atom stereocenters. The molecular formula is C16H26N2O3. The minimum atomic E-state index is -0.279. The van der Waals surface area contributed by atoms with Gasteiger partial charge in [-0.05, 0) is 33.6 Å². The molecule has 1 saturated carbocycles. The molecule has 118 valence electrons. The maximum atomic E-state index is 12.5. The molecule has 1 aromatic rings. The van der Waals surface area contributed by atoms with Crippen LogP contribution in [0.1, 0.15) is 62.0 Å². The standard InChI is InChI=1S/C16H26N2O3/c1-10(15-11(2)18-21-12(15)3)16(20)17-14-8-6-4-5-7-13(14)9-19/h10,13-14,19H,4-9H2,1-3H3,(H,17,20). The van der Waals surface area contributed by atoms with E-state index in [0.717, 1.165) is 36.9 Å². The highest BCUT2D eigenvalue weighted by atomic mass is 16.5. The topological polar surface area (TPSA) is 75.4 Å². The SMILES string of the molecule is Cc1noc(C)c1C(C)C(=O)NC1CCCCCC1CO. The third kappa shape index (κ3) is 3.64. The Hall–Kier alpha value is -1.36. The predicted octanol–water partition coefficient (Wildman–Crippen LogP) is 2.45. The summed E-state index contributed by atoms with van der Waals surface area (Å²) in [5.41, 5.74) is 1.65. The van der Waals surface area contributed by atoms with E-state index in [9.17, 15) is 9.90 Å². The number of nitrogens with zero attached hydrogens (tertiary/aromatic N) is 1. The van der Waals surface area contributed by atoms with E-state index < -0.39 is 0 Å². The second kappa shape index (κ2) is 7.07. The highest BCUT2D eigenvalue weighted by molar-refractivity contribution is 5.84. The minimum Gasteiger partial charge on any atom is -0.396 e. The maximum absolute atomic E-state index is 12.5. The quantitative estimate of drug-likeness (QED) is 0.836. The highest BCUT2D eigenvalue weighted by Gasteiger charge is 2.28. The van der Waals surface area contributed by atoms with Gasteiger partial charge in [0.25, 0.3) is 0 Å². The van der Waals surface area contributed by atoms with E-state index in [2.05, 4.69) is 10.5 Å². The third-order valence-corrected chi connectivity index (χ3v) is 4.64. The first-order chi connectivity index (χ1) is 10.0. The van der Waals surface area contributed by atoms with Gasteiger partial charge >= 0.3 is 0 Å². The Morgan fingerprint density at radius 2 is 2.10 bits per heavy atom. The number of rotatable bonds is 4. The van der Waals surface area contributed by atoms with E-state index in [4.69, 9.17) is 4.52 Å². The first kappa shape index (κ1) is 16.0. The normalized spacial score (nSPS) is 24.4. The molecule has 1 heterocycles. The van der Waals surface area contributed by atoms with E-state index in [0.29, 0.717) is 5.76 Å². The first-order valence-corrected chi connectivity index (χ1v) is 7.88. The summed E-state index contributed by atoms with van der Waals surface area (Å²) in [6, 6.07) is 0.0768. The zero-order chi connectivity index (χ0) is 15.4. The number of aryl methyl sites for hydroxylation is 2. The fourth-order valence-corrected chi connectivity index (χ4v) is 3.34. The van der Waals surface area contributed by atoms with Crippen molar-refractivity contribution >= 4 is 5.91 Å². The fourth-order valence-electron chi connectivity index (χ4n) is 3.34. The van der Waals surface area contributed by atoms with Gasteiger partial charge in [0.15, 0.2) is 0 Å². The van der Waals surface area contributed by atoms with E-state index in [1.165, 1.54) is 6.42 Å². The van der Waals surface area contributed by atoms with Gasteiger partial charge in [0.05, 0.1) is 11.6 Å². The Morgan fingerprint density at radius 1 is 1.38 bits per heavy atom. The molecule has 0 radical (unpaired) electrons. The number of nitrogens with one attached hydrogen (secondary N) is 1. The van der Waals surface area contributed by atoms with Crippen molar-refractivity contribution in [1.82, 2.24) is 10.5 Å². The smallest absolute Gasteiger partial charge is 0.227 e. The van der Waals surface area contributed by atoms with Crippen LogP contribution in [0.25, 0.3) is 0 Å². The molecule has 0 spiro atoms. The van der Waals surface area contributed by atoms with Crippen molar-refractivity contribution in [1.29, 1.82) is 0 Å². The Morgan fingerprint density at radius 3 is 2.71 bits per heavy atom. The van der Waals surface area contributed by atoms with Crippen LogP contribution in [0.2, 0.25) is 0 Å². The molecule has 1 aromatic heterocycles. The monoisotopic (exact) mass is 294 g/mol. The summed E-state index contributed by atoms with van der Waals surface area (Å²) < 4.78 is 5.15. The summed E-state index contributed by atoms with van der Waals surface area (Å²) in [6.07, 6.45) is 5.37. The van der Waals surface area contributed by atoms with Crippen LogP contribution in [0.3, 0.4) is 0 Å². The van der Waals surface area contributed by atoms with Crippen LogP contribution in [-0.4, -0.2) is 28.8 Å². The summed E-state index contributed by atoms with van der Waals surface area (Å²) in [5.74, 6) is 0.594. The number of hydrogen-bond acceptors (Lipinski definition) is 4. The zero-order valence-corrected chi connectivity index (χ0v) is 13.2. The average molecular weight is 294 g/mol. The second-order valence-electron chi connectivity index (χ2n) is 6.16. The average Bonchev–Trinajstić information content (AvgIpc) is 2.66. The van der Waals surface area contributed by atoms with Crippen molar-refractivity contribution in [2.75, 3.05) is 6.61 Å². The van der Waals surface area contributed by atoms with Gasteiger partial charge < -0.3 is 14.9 Å². The summed E-state index contributed by atoms with van der Waals surface area (Å²) >= 11 is 0. The zero-order valence-electron chi connectivity index (χ0n) is 13.2. The van der Waals surface area contributed by atoms with Crippen LogP contribution in [-0.2, 0) is 4.79 Å². The lowest BCUT2D eigenvalue weighted by Crippen LogP contribution is -2.43. The van der Waals surface area contributed by atoms with Crippen LogP contribution in [0.15, 0.2) is 4.52 Å². The molecular weight excluding hydrogens is 268 g/mol. The Labute approximate surface area is 126 Å². The first-order valence-electron chi connectivity index (χ1n) is 7.88. The molecule has 21 heavy (non-hydrogen) atoms. The number of carbonyl (C=O) groups excluding carboxylic acids is 1. The van der Waals surface area contributed by atoms with Crippen molar-refractivity contribution < 1.29 is 14.4 Å². The van der Waals surface area contributed by atoms with Crippen molar-refractivity contribution in [3.05, 3.63) is 17.0 Å². The second-order valence-corrected chi connectivity index (χ2v) is 6.16. The Bertz CT molecular complexity index is 464. The van der Waals surface area contributed by atoms with Crippen molar-refractivity contribution in [3.63, 3.8) is 0 Å². The lowest BCUT2D eigenvalue weighted by molar-refractivity contribution is -0.123. The third-order valence-electron chi connectivity index (χ3n) is 4.64. The minimum absolute atomic E-state index is 0.00486. The fraction of sp³-hybridized carbons (Fsp3) is 0.750. The van der Waals surface area contributed by atoms with Gasteiger partial charge in [0.1, 0.15) is 5.76 Å². The van der Waals surface area contributed by atoms with Crippen LogP contribution < -0.4 is 5.32 Å². The van der Waals surface area contributed by atoms with Gasteiger partial charge in [-0.1, -0.05) is 24.4 Å². The number of aromatic nitrogens is 1. The molecule has 1 fully saturated rings. The molecule has 5 nitrogen and oxygen atoms in total. The van der Waals surface area contributed by atoms with E-state index in [1.54, 1.807) is 0 Å². The van der Waals surface area contributed by atoms with Gasteiger partial charge in [0, 0.05) is 24.1 Å². The van der Waals surface area contributed by atoms with Gasteiger partial charge in [-0.3, -0.25) is 4.79 Å². The van der Waals surface area contributed by atoms with E-state index >= 15 is 0 Å². The number of aliphatic hydroxyl groups excluding tert-OH is 1. The number of aliphatic hydroxyl groups is 1. The predicted molar refractivity (Wildman–Crippen MR) is 80.0 cm³/mol. The molecule has 3 atom stereocenters. The molecule has 0 aromatic carbocycles. The summed E-state index contributed by atoms with van der Waals surface area (Å²) in [5, 5.41) is 16.6. The van der Waals surface area contributed by atoms with Crippen LogP contribution in [0, 0.1) is 19.8 Å². The Kier molecular flexibility index (Phi) is 5.39. The van der Waals surface area contributed by atoms with Crippen LogP contribution >= 0.6 is 0 Å². The largest absolute Gasteiger partial charge is 0.396 e. The van der Waals surface area contributed by atoms with Gasteiger partial charge in [-0.2, -0.15) is 0 Å². The van der Waals surface area contributed by atoms with E-state index in [-0.39, 0.29) is 30.4 Å². The summed E-state index contributed by atoms with van der Waals surface area (Å²) in [7, 11) is 0. The van der Waals surface area contributed by atoms with Gasteiger partial charge in [-0.15, -0.1) is 0 Å². The number of hydrogen-bond donors (Lipinski definition) is 2. The molecule has 2 rings (SSSR count). The number of amides is 1. The van der Waals surface area contributed by atoms with Crippen molar-refractivity contribution in [3.8, 4) is 0 Å². The lowest BCUT2D eigenvalue weighted by atomic mass is 9.93. The molecule has 2 N–H and O–H groups in total. The summed E-state index contributed by atoms with van der Waals surface area (Å²) in [6.45, 7) is 5.72. The molecule has 1 amide bonds. The molecule has 0 bridgehead atoms. The van der Waals surface area contributed by atoms with Crippen LogP contribution in [0.4, 0.5) is 0 Å². The molecule has 5 heteroatoms. The molecule has 1 aliphatic rings. The van der Waals surface area contributed by atoms with Gasteiger partial charge in [0.2, 0.25) is 5.91 Å². The van der Waals surface area contributed by atoms with Crippen molar-refractivity contribution in [2.24, 2.45) is 5.92 Å². The number of carbonyl (C=O) groups is 1. The lowest BCUT2D eigenvalue weighted by Gasteiger charge is -2.26. The van der Waals surface area contributed by atoms with Crippen LogP contribution in [0.5, 0.6) is 0 Å².